The lowest BCUT2D eigenvalue weighted by atomic mass is 10.0. The lowest BCUT2D eigenvalue weighted by Gasteiger charge is -2.31. The van der Waals surface area contributed by atoms with Crippen LogP contribution in [0.5, 0.6) is 0 Å². The number of ether oxygens (including phenoxy) is 1. The highest BCUT2D eigenvalue weighted by atomic mass is 32.1. The molecule has 1 aromatic heterocycles. The number of aromatic nitrogens is 2. The fraction of sp³-hybridized carbons (Fsp3) is 0.273. The number of carbonyl (C=O) groups is 2. The largest absolute Gasteiger partial charge is 0.383 e. The summed E-state index contributed by atoms with van der Waals surface area (Å²) in [6, 6.07) is 12.3. The maximum absolute atomic E-state index is 13.4. The zero-order valence-electron chi connectivity index (χ0n) is 17.2. The van der Waals surface area contributed by atoms with Crippen LogP contribution in [0.1, 0.15) is 33.2 Å². The summed E-state index contributed by atoms with van der Waals surface area (Å²) >= 11 is 1.05. The first-order chi connectivity index (χ1) is 15.0. The smallest absolute Gasteiger partial charge is 0.276 e. The zero-order valence-corrected chi connectivity index (χ0v) is 18.1. The van der Waals surface area contributed by atoms with E-state index in [4.69, 9.17) is 4.74 Å². The van der Waals surface area contributed by atoms with Crippen molar-refractivity contribution < 1.29 is 18.7 Å². The standard InChI is InChI=1S/C22H23FN4O3S/c1-15-3-7-17(8-4-15)20(21(28)24-11-12-30-2)27(22(29)19-14-31-26-25-19)13-16-5-9-18(23)10-6-16/h3-10,14,20H,11-13H2,1-2H3,(H,24,28). The van der Waals surface area contributed by atoms with Crippen molar-refractivity contribution >= 4 is 23.3 Å². The van der Waals surface area contributed by atoms with E-state index in [-0.39, 0.29) is 24.0 Å². The molecule has 1 heterocycles. The molecule has 31 heavy (non-hydrogen) atoms. The fourth-order valence-electron chi connectivity index (χ4n) is 3.07. The second-order valence-electron chi connectivity index (χ2n) is 6.95. The molecular weight excluding hydrogens is 419 g/mol. The van der Waals surface area contributed by atoms with E-state index in [2.05, 4.69) is 14.9 Å². The number of rotatable bonds is 9. The molecule has 0 saturated carbocycles. The summed E-state index contributed by atoms with van der Waals surface area (Å²) in [6.07, 6.45) is 0. The molecule has 0 radical (unpaired) electrons. The van der Waals surface area contributed by atoms with E-state index in [1.165, 1.54) is 22.4 Å². The van der Waals surface area contributed by atoms with Gasteiger partial charge in [0.05, 0.1) is 6.61 Å². The zero-order chi connectivity index (χ0) is 22.2. The van der Waals surface area contributed by atoms with E-state index < -0.39 is 11.9 Å². The van der Waals surface area contributed by atoms with Crippen LogP contribution in [-0.4, -0.2) is 46.6 Å². The Morgan fingerprint density at radius 3 is 2.48 bits per heavy atom. The van der Waals surface area contributed by atoms with Crippen LogP contribution in [0.2, 0.25) is 0 Å². The van der Waals surface area contributed by atoms with Crippen LogP contribution < -0.4 is 5.32 Å². The summed E-state index contributed by atoms with van der Waals surface area (Å²) in [6.45, 7) is 2.68. The van der Waals surface area contributed by atoms with E-state index in [1.807, 2.05) is 31.2 Å². The molecule has 0 fully saturated rings. The van der Waals surface area contributed by atoms with Crippen molar-refractivity contribution in [3.63, 3.8) is 0 Å². The SMILES string of the molecule is COCCNC(=O)C(c1ccc(C)cc1)N(Cc1ccc(F)cc1)C(=O)c1csnn1. The molecule has 3 rings (SSSR count). The summed E-state index contributed by atoms with van der Waals surface area (Å²) in [5.41, 5.74) is 2.51. The highest BCUT2D eigenvalue weighted by Crippen LogP contribution is 2.26. The third-order valence-electron chi connectivity index (χ3n) is 4.66. The molecule has 2 amide bonds. The van der Waals surface area contributed by atoms with Crippen molar-refractivity contribution in [3.05, 3.63) is 82.1 Å². The summed E-state index contributed by atoms with van der Waals surface area (Å²) in [4.78, 5) is 28.0. The number of carbonyl (C=O) groups excluding carboxylic acids is 2. The normalized spacial score (nSPS) is 11.7. The van der Waals surface area contributed by atoms with Crippen molar-refractivity contribution in [3.8, 4) is 0 Å². The summed E-state index contributed by atoms with van der Waals surface area (Å²) in [7, 11) is 1.54. The topological polar surface area (TPSA) is 84.4 Å². The maximum Gasteiger partial charge on any atom is 0.276 e. The Hall–Kier alpha value is -3.17. The van der Waals surface area contributed by atoms with Crippen LogP contribution in [0.4, 0.5) is 4.39 Å². The predicted octanol–water partition coefficient (Wildman–Crippen LogP) is 3.13. The lowest BCUT2D eigenvalue weighted by molar-refractivity contribution is -0.126. The van der Waals surface area contributed by atoms with E-state index >= 15 is 0 Å². The van der Waals surface area contributed by atoms with Crippen LogP contribution in [0.25, 0.3) is 0 Å². The van der Waals surface area contributed by atoms with Crippen molar-refractivity contribution in [1.82, 2.24) is 19.8 Å². The Balaban J connectivity index is 2.01. The van der Waals surface area contributed by atoms with Crippen LogP contribution in [-0.2, 0) is 16.1 Å². The average Bonchev–Trinajstić information content (AvgIpc) is 3.31. The van der Waals surface area contributed by atoms with Crippen LogP contribution >= 0.6 is 11.5 Å². The van der Waals surface area contributed by atoms with Gasteiger partial charge in [0.2, 0.25) is 5.91 Å². The second-order valence-corrected chi connectivity index (χ2v) is 7.56. The van der Waals surface area contributed by atoms with Gasteiger partial charge in [0, 0.05) is 25.6 Å². The molecule has 0 saturated heterocycles. The molecule has 0 aliphatic heterocycles. The monoisotopic (exact) mass is 442 g/mol. The Labute approximate surface area is 184 Å². The number of methoxy groups -OCH3 is 1. The first-order valence-electron chi connectivity index (χ1n) is 9.65. The van der Waals surface area contributed by atoms with Gasteiger partial charge in [-0.1, -0.05) is 46.4 Å². The van der Waals surface area contributed by atoms with Crippen LogP contribution in [0.15, 0.2) is 53.9 Å². The number of aryl methyl sites for hydroxylation is 1. The Bertz CT molecular complexity index is 995. The maximum atomic E-state index is 13.4. The Morgan fingerprint density at radius 1 is 1.16 bits per heavy atom. The van der Waals surface area contributed by atoms with Gasteiger partial charge in [0.25, 0.3) is 5.91 Å². The quantitative estimate of drug-likeness (QED) is 0.515. The number of hydrogen-bond acceptors (Lipinski definition) is 6. The number of halogens is 1. The summed E-state index contributed by atoms with van der Waals surface area (Å²) in [5, 5.41) is 8.24. The average molecular weight is 443 g/mol. The molecule has 0 spiro atoms. The Morgan fingerprint density at radius 2 is 1.87 bits per heavy atom. The molecule has 9 heteroatoms. The van der Waals surface area contributed by atoms with E-state index in [1.54, 1.807) is 19.2 Å². The molecule has 0 aliphatic rings. The van der Waals surface area contributed by atoms with Gasteiger partial charge in [-0.2, -0.15) is 0 Å². The molecule has 162 valence electrons. The molecule has 0 aliphatic carbocycles. The van der Waals surface area contributed by atoms with Gasteiger partial charge in [-0.15, -0.1) is 5.10 Å². The van der Waals surface area contributed by atoms with Gasteiger partial charge in [0.15, 0.2) is 5.69 Å². The van der Waals surface area contributed by atoms with E-state index in [0.717, 1.165) is 17.1 Å². The number of amides is 2. The minimum atomic E-state index is -0.920. The van der Waals surface area contributed by atoms with Gasteiger partial charge in [-0.05, 0) is 41.7 Å². The third kappa shape index (κ3) is 5.93. The van der Waals surface area contributed by atoms with Crippen molar-refractivity contribution in [2.24, 2.45) is 0 Å². The van der Waals surface area contributed by atoms with Gasteiger partial charge in [-0.3, -0.25) is 9.59 Å². The van der Waals surface area contributed by atoms with Gasteiger partial charge in [-0.25, -0.2) is 4.39 Å². The number of nitrogens with one attached hydrogen (secondary N) is 1. The number of hydrogen-bond donors (Lipinski definition) is 1. The van der Waals surface area contributed by atoms with Crippen molar-refractivity contribution in [1.29, 1.82) is 0 Å². The van der Waals surface area contributed by atoms with Gasteiger partial charge in [0.1, 0.15) is 11.9 Å². The van der Waals surface area contributed by atoms with Gasteiger partial charge < -0.3 is 15.0 Å². The fourth-order valence-corrected chi connectivity index (χ4v) is 3.50. The molecular formula is C22H23FN4O3S. The van der Waals surface area contributed by atoms with Crippen LogP contribution in [0, 0.1) is 12.7 Å². The molecule has 7 nitrogen and oxygen atoms in total. The Kier molecular flexibility index (Phi) is 7.80. The first kappa shape index (κ1) is 22.5. The predicted molar refractivity (Wildman–Crippen MR) is 115 cm³/mol. The third-order valence-corrected chi connectivity index (χ3v) is 5.17. The molecule has 1 unspecified atom stereocenters. The van der Waals surface area contributed by atoms with Crippen molar-refractivity contribution in [2.45, 2.75) is 19.5 Å². The molecule has 1 N–H and O–H groups in total. The number of nitrogens with zero attached hydrogens (tertiary/aromatic N) is 3. The molecule has 1 atom stereocenters. The van der Waals surface area contributed by atoms with E-state index in [0.29, 0.717) is 24.3 Å². The van der Waals surface area contributed by atoms with Gasteiger partial charge >= 0.3 is 0 Å². The second kappa shape index (κ2) is 10.7. The lowest BCUT2D eigenvalue weighted by Crippen LogP contribution is -2.44. The van der Waals surface area contributed by atoms with E-state index in [9.17, 15) is 14.0 Å². The molecule has 2 aromatic carbocycles. The molecule has 0 bridgehead atoms. The van der Waals surface area contributed by atoms with Crippen LogP contribution in [0.3, 0.4) is 0 Å². The summed E-state index contributed by atoms with van der Waals surface area (Å²) < 4.78 is 22.2. The van der Waals surface area contributed by atoms with Crippen molar-refractivity contribution in [2.75, 3.05) is 20.3 Å². The highest BCUT2D eigenvalue weighted by Gasteiger charge is 2.33. The number of benzene rings is 2. The minimum absolute atomic E-state index is 0.0902. The highest BCUT2D eigenvalue weighted by molar-refractivity contribution is 7.03. The summed E-state index contributed by atoms with van der Waals surface area (Å²) in [5.74, 6) is -1.16. The molecule has 3 aromatic rings. The first-order valence-corrected chi connectivity index (χ1v) is 10.5. The minimum Gasteiger partial charge on any atom is -0.383 e.